The molecule has 1 saturated heterocycles. The molecule has 0 unspecified atom stereocenters. The van der Waals surface area contributed by atoms with Gasteiger partial charge in [0.25, 0.3) is 0 Å². The summed E-state index contributed by atoms with van der Waals surface area (Å²) >= 11 is 0. The minimum atomic E-state index is -0.106. The Balaban J connectivity index is 2.32. The van der Waals surface area contributed by atoms with E-state index in [9.17, 15) is 4.79 Å². The van der Waals surface area contributed by atoms with Gasteiger partial charge in [0.05, 0.1) is 6.04 Å². The van der Waals surface area contributed by atoms with Crippen LogP contribution in [0.25, 0.3) is 0 Å². The summed E-state index contributed by atoms with van der Waals surface area (Å²) in [5.74, 6) is 0. The molecule has 1 aliphatic heterocycles. The van der Waals surface area contributed by atoms with Gasteiger partial charge in [-0.05, 0) is 6.42 Å². The van der Waals surface area contributed by atoms with Crippen LogP contribution < -0.4 is 11.1 Å². The summed E-state index contributed by atoms with van der Waals surface area (Å²) in [5, 5.41) is 2.91. The maximum absolute atomic E-state index is 9.91. The van der Waals surface area contributed by atoms with Gasteiger partial charge in [0.2, 0.25) is 6.29 Å². The zero-order valence-corrected chi connectivity index (χ0v) is 4.55. The van der Waals surface area contributed by atoms with Crippen molar-refractivity contribution in [3.05, 3.63) is 0 Å². The summed E-state index contributed by atoms with van der Waals surface area (Å²) in [5.41, 5.74) is 5.46. The van der Waals surface area contributed by atoms with Crippen molar-refractivity contribution < 1.29 is 4.79 Å². The van der Waals surface area contributed by atoms with E-state index in [2.05, 4.69) is 5.32 Å². The number of nitrogens with two attached hydrogens (primary N) is 1. The van der Waals surface area contributed by atoms with Crippen molar-refractivity contribution in [2.75, 3.05) is 6.54 Å². The van der Waals surface area contributed by atoms with Gasteiger partial charge in [-0.2, -0.15) is 0 Å². The highest BCUT2D eigenvalue weighted by Crippen LogP contribution is 1.99. The molecule has 1 fully saturated rings. The van der Waals surface area contributed by atoms with Crippen LogP contribution in [-0.2, 0) is 4.79 Å². The summed E-state index contributed by atoms with van der Waals surface area (Å²) < 4.78 is 0. The van der Waals surface area contributed by atoms with Gasteiger partial charge in [-0.1, -0.05) is 0 Å². The van der Waals surface area contributed by atoms with Crippen LogP contribution >= 0.6 is 0 Å². The van der Waals surface area contributed by atoms with E-state index in [4.69, 9.17) is 5.73 Å². The molecular weight excluding hydrogens is 104 g/mol. The smallest absolute Gasteiger partial charge is 0.216 e. The fraction of sp³-hybridized carbons (Fsp3) is 0.800. The lowest BCUT2D eigenvalue weighted by molar-refractivity contribution is 0.533. The Kier molecular flexibility index (Phi) is 1.60. The van der Waals surface area contributed by atoms with Crippen LogP contribution in [0.4, 0.5) is 0 Å². The number of hydrogen-bond acceptors (Lipinski definition) is 3. The van der Waals surface area contributed by atoms with Crippen molar-refractivity contribution in [1.82, 2.24) is 5.32 Å². The Morgan fingerprint density at radius 3 is 2.75 bits per heavy atom. The third-order valence-corrected chi connectivity index (χ3v) is 1.31. The van der Waals surface area contributed by atoms with E-state index < -0.39 is 0 Å². The Morgan fingerprint density at radius 1 is 1.75 bits per heavy atom. The molecule has 0 aliphatic carbocycles. The highest BCUT2D eigenvalue weighted by Gasteiger charge is 2.19. The molecular formula is C5H9N2O. The van der Waals surface area contributed by atoms with E-state index in [-0.39, 0.29) is 12.1 Å². The Morgan fingerprint density at radius 2 is 2.50 bits per heavy atom. The van der Waals surface area contributed by atoms with Crippen LogP contribution in [0, 0.1) is 0 Å². The van der Waals surface area contributed by atoms with E-state index in [0.29, 0.717) is 0 Å². The van der Waals surface area contributed by atoms with E-state index in [1.807, 2.05) is 6.29 Å². The van der Waals surface area contributed by atoms with Gasteiger partial charge in [-0.25, -0.2) is 0 Å². The summed E-state index contributed by atoms with van der Waals surface area (Å²) in [6.07, 6.45) is 2.59. The van der Waals surface area contributed by atoms with Crippen molar-refractivity contribution in [2.45, 2.75) is 18.5 Å². The second kappa shape index (κ2) is 2.24. The fourth-order valence-corrected chi connectivity index (χ4v) is 0.853. The Hall–Kier alpha value is -0.410. The zero-order chi connectivity index (χ0) is 5.98. The maximum Gasteiger partial charge on any atom is 0.216 e. The van der Waals surface area contributed by atoms with Crippen molar-refractivity contribution in [3.63, 3.8) is 0 Å². The number of carbonyl (C=O) groups excluding carboxylic acids is 1. The standard InChI is InChI=1S/C5H9N2O/c6-4-1-5(3-8)7-2-4/h4-5,7H,1-2,6H2/t4-,5+/m1/s1. The second-order valence-electron chi connectivity index (χ2n) is 2.07. The van der Waals surface area contributed by atoms with Crippen molar-refractivity contribution in [2.24, 2.45) is 5.73 Å². The summed E-state index contributed by atoms with van der Waals surface area (Å²) in [6.45, 7) is 0.750. The summed E-state index contributed by atoms with van der Waals surface area (Å²) in [7, 11) is 0. The molecule has 0 saturated carbocycles. The molecule has 1 heterocycles. The van der Waals surface area contributed by atoms with Gasteiger partial charge in [-0.3, -0.25) is 4.79 Å². The van der Waals surface area contributed by atoms with Crippen molar-refractivity contribution in [3.8, 4) is 0 Å². The molecule has 0 aromatic rings. The van der Waals surface area contributed by atoms with Crippen molar-refractivity contribution >= 4 is 6.29 Å². The van der Waals surface area contributed by atoms with Gasteiger partial charge in [0.1, 0.15) is 0 Å². The van der Waals surface area contributed by atoms with E-state index in [1.165, 1.54) is 0 Å². The molecule has 3 heteroatoms. The average molecular weight is 113 g/mol. The fourth-order valence-electron chi connectivity index (χ4n) is 0.853. The highest BCUT2D eigenvalue weighted by atomic mass is 16.1. The SMILES string of the molecule is N[C@H]1CN[C@H]([C]=O)C1. The molecule has 1 radical (unpaired) electrons. The topological polar surface area (TPSA) is 55.1 Å². The lowest BCUT2D eigenvalue weighted by atomic mass is 10.2. The second-order valence-corrected chi connectivity index (χ2v) is 2.07. The van der Waals surface area contributed by atoms with Crippen LogP contribution in [0.2, 0.25) is 0 Å². The van der Waals surface area contributed by atoms with Crippen LogP contribution in [-0.4, -0.2) is 24.9 Å². The van der Waals surface area contributed by atoms with E-state index in [0.717, 1.165) is 13.0 Å². The van der Waals surface area contributed by atoms with Gasteiger partial charge in [0.15, 0.2) is 0 Å². The first kappa shape index (κ1) is 5.72. The maximum atomic E-state index is 9.91. The third kappa shape index (κ3) is 1.05. The number of nitrogens with one attached hydrogen (secondary N) is 1. The molecule has 0 bridgehead atoms. The van der Waals surface area contributed by atoms with Crippen LogP contribution in [0.5, 0.6) is 0 Å². The number of hydrogen-bond donors (Lipinski definition) is 2. The quantitative estimate of drug-likeness (QED) is 0.448. The minimum absolute atomic E-state index is 0.106. The average Bonchev–Trinajstić information content (AvgIpc) is 2.14. The minimum Gasteiger partial charge on any atom is -0.326 e. The van der Waals surface area contributed by atoms with E-state index in [1.54, 1.807) is 0 Å². The Bertz CT molecular complexity index is 94.4. The Labute approximate surface area is 48.2 Å². The predicted octanol–water partition coefficient (Wildman–Crippen LogP) is -1.21. The van der Waals surface area contributed by atoms with Gasteiger partial charge in [-0.15, -0.1) is 0 Å². The molecule has 45 valence electrons. The molecule has 0 amide bonds. The van der Waals surface area contributed by atoms with Crippen LogP contribution in [0.3, 0.4) is 0 Å². The first-order valence-electron chi connectivity index (χ1n) is 2.69. The molecule has 0 spiro atoms. The monoisotopic (exact) mass is 113 g/mol. The third-order valence-electron chi connectivity index (χ3n) is 1.31. The van der Waals surface area contributed by atoms with Crippen molar-refractivity contribution in [1.29, 1.82) is 0 Å². The highest BCUT2D eigenvalue weighted by molar-refractivity contribution is 5.59. The molecule has 8 heavy (non-hydrogen) atoms. The molecule has 3 nitrogen and oxygen atoms in total. The predicted molar refractivity (Wildman–Crippen MR) is 30.1 cm³/mol. The summed E-state index contributed by atoms with van der Waals surface area (Å²) in [6, 6.07) is 0.0476. The molecule has 3 N–H and O–H groups in total. The first-order valence-corrected chi connectivity index (χ1v) is 2.69. The normalized spacial score (nSPS) is 37.6. The summed E-state index contributed by atoms with van der Waals surface area (Å²) in [4.78, 5) is 9.91. The van der Waals surface area contributed by atoms with Crippen LogP contribution in [0.15, 0.2) is 0 Å². The number of rotatable bonds is 1. The molecule has 0 aromatic carbocycles. The molecule has 1 aliphatic rings. The van der Waals surface area contributed by atoms with Gasteiger partial charge < -0.3 is 11.1 Å². The molecule has 2 atom stereocenters. The largest absolute Gasteiger partial charge is 0.326 e. The zero-order valence-electron chi connectivity index (χ0n) is 4.55. The molecule has 0 aromatic heterocycles. The van der Waals surface area contributed by atoms with E-state index >= 15 is 0 Å². The van der Waals surface area contributed by atoms with Crippen LogP contribution in [0.1, 0.15) is 6.42 Å². The lowest BCUT2D eigenvalue weighted by Crippen LogP contribution is -2.23. The molecule has 1 rings (SSSR count). The lowest BCUT2D eigenvalue weighted by Gasteiger charge is -1.94. The van der Waals surface area contributed by atoms with Gasteiger partial charge in [0, 0.05) is 12.6 Å². The van der Waals surface area contributed by atoms with Gasteiger partial charge >= 0.3 is 0 Å². The first-order chi connectivity index (χ1) is 3.83.